The van der Waals surface area contributed by atoms with Crippen molar-refractivity contribution in [2.45, 2.75) is 57.8 Å². The van der Waals surface area contributed by atoms with Crippen LogP contribution in [0.5, 0.6) is 0 Å². The van der Waals surface area contributed by atoms with Crippen molar-refractivity contribution >= 4 is 17.7 Å². The van der Waals surface area contributed by atoms with Crippen LogP contribution in [0.15, 0.2) is 18.5 Å². The molecule has 2 aliphatic heterocycles. The van der Waals surface area contributed by atoms with Gasteiger partial charge in [-0.25, -0.2) is 9.97 Å². The maximum absolute atomic E-state index is 13.1. The summed E-state index contributed by atoms with van der Waals surface area (Å²) in [6.07, 6.45) is 3.45. The fourth-order valence-corrected chi connectivity index (χ4v) is 4.03. The summed E-state index contributed by atoms with van der Waals surface area (Å²) in [7, 11) is 0. The van der Waals surface area contributed by atoms with Crippen molar-refractivity contribution in [3.05, 3.63) is 24.3 Å². The maximum Gasteiger partial charge on any atom is 0.251 e. The van der Waals surface area contributed by atoms with Crippen molar-refractivity contribution in [1.29, 1.82) is 0 Å². The van der Waals surface area contributed by atoms with Gasteiger partial charge in [0.15, 0.2) is 0 Å². The molecule has 3 rings (SSSR count). The first kappa shape index (κ1) is 20.2. The minimum atomic E-state index is -1.05. The van der Waals surface area contributed by atoms with E-state index in [1.54, 1.807) is 23.4 Å². The van der Waals surface area contributed by atoms with E-state index in [1.165, 1.54) is 11.8 Å². The minimum absolute atomic E-state index is 0.0511. The molecule has 0 bridgehead atoms. The molecule has 28 heavy (non-hydrogen) atoms. The van der Waals surface area contributed by atoms with Gasteiger partial charge < -0.3 is 20.2 Å². The number of amides is 3. The Balaban J connectivity index is 1.70. The summed E-state index contributed by atoms with van der Waals surface area (Å²) < 4.78 is 0. The van der Waals surface area contributed by atoms with Crippen molar-refractivity contribution in [3.63, 3.8) is 0 Å². The zero-order valence-corrected chi connectivity index (χ0v) is 16.5. The molecular formula is C19H27N5O4. The molecule has 0 aromatic carbocycles. The number of aliphatic hydroxyl groups is 1. The molecule has 9 nitrogen and oxygen atoms in total. The standard InChI is InChI=1S/C19H27N5O4/c1-12(2)17(27)24-9-4-6-19(24)11-23(18(19)28)15(13(3)25)16(26)22-10-14-20-7-5-8-21-14/h5,7-8,12-13,15,25H,4,6,9-11H2,1-3H3,(H,22,26). The predicted molar refractivity (Wildman–Crippen MR) is 99.6 cm³/mol. The lowest BCUT2D eigenvalue weighted by Gasteiger charge is -2.54. The molecule has 2 N–H and O–H groups in total. The number of nitrogens with zero attached hydrogens (tertiary/aromatic N) is 4. The van der Waals surface area contributed by atoms with Crippen LogP contribution >= 0.6 is 0 Å². The lowest BCUT2D eigenvalue weighted by Crippen LogP contribution is -2.77. The third-order valence-electron chi connectivity index (χ3n) is 5.44. The van der Waals surface area contributed by atoms with Gasteiger partial charge in [0.2, 0.25) is 11.8 Å². The molecule has 3 heterocycles. The van der Waals surface area contributed by atoms with E-state index in [0.717, 1.165) is 6.42 Å². The van der Waals surface area contributed by atoms with Crippen molar-refractivity contribution in [2.75, 3.05) is 13.1 Å². The molecule has 1 spiro atoms. The third kappa shape index (κ3) is 3.46. The number of likely N-dealkylation sites (tertiary alicyclic amines) is 2. The molecule has 2 saturated heterocycles. The van der Waals surface area contributed by atoms with E-state index in [4.69, 9.17) is 0 Å². The van der Waals surface area contributed by atoms with Gasteiger partial charge in [0.05, 0.1) is 19.2 Å². The summed E-state index contributed by atoms with van der Waals surface area (Å²) in [4.78, 5) is 49.4. The Morgan fingerprint density at radius 1 is 1.29 bits per heavy atom. The van der Waals surface area contributed by atoms with Crippen LogP contribution < -0.4 is 5.32 Å². The van der Waals surface area contributed by atoms with E-state index in [-0.39, 0.29) is 30.8 Å². The van der Waals surface area contributed by atoms with Crippen LogP contribution in [0.1, 0.15) is 39.4 Å². The highest BCUT2D eigenvalue weighted by Crippen LogP contribution is 2.41. The SMILES string of the molecule is CC(C)C(=O)N1CCCC12CN(C(C(=O)NCc1ncccn1)C(C)O)C2=O. The molecule has 0 saturated carbocycles. The molecule has 3 amide bonds. The number of nitrogens with one attached hydrogen (secondary N) is 1. The molecule has 0 aliphatic carbocycles. The summed E-state index contributed by atoms with van der Waals surface area (Å²) in [6, 6.07) is 0.659. The second-order valence-electron chi connectivity index (χ2n) is 7.78. The van der Waals surface area contributed by atoms with Gasteiger partial charge in [0.1, 0.15) is 17.4 Å². The Hall–Kier alpha value is -2.55. The highest BCUT2D eigenvalue weighted by atomic mass is 16.3. The smallest absolute Gasteiger partial charge is 0.251 e. The van der Waals surface area contributed by atoms with Crippen LogP contribution in [-0.4, -0.2) is 73.4 Å². The number of hydrogen-bond acceptors (Lipinski definition) is 6. The Labute approximate surface area is 164 Å². The van der Waals surface area contributed by atoms with Gasteiger partial charge in [-0.1, -0.05) is 13.8 Å². The van der Waals surface area contributed by atoms with Crippen LogP contribution in [0.25, 0.3) is 0 Å². The van der Waals surface area contributed by atoms with E-state index in [1.807, 2.05) is 13.8 Å². The van der Waals surface area contributed by atoms with E-state index in [9.17, 15) is 19.5 Å². The van der Waals surface area contributed by atoms with E-state index < -0.39 is 23.6 Å². The minimum Gasteiger partial charge on any atom is -0.391 e. The number of hydrogen-bond donors (Lipinski definition) is 2. The van der Waals surface area contributed by atoms with Crippen molar-refractivity contribution < 1.29 is 19.5 Å². The quantitative estimate of drug-likeness (QED) is 0.646. The lowest BCUT2D eigenvalue weighted by molar-refractivity contribution is -0.177. The summed E-state index contributed by atoms with van der Waals surface area (Å²) in [5, 5.41) is 12.8. The lowest BCUT2D eigenvalue weighted by atomic mass is 9.82. The van der Waals surface area contributed by atoms with Crippen LogP contribution in [0, 0.1) is 5.92 Å². The Kier molecular flexibility index (Phi) is 5.64. The number of carbonyl (C=O) groups excluding carboxylic acids is 3. The highest BCUT2D eigenvalue weighted by Gasteiger charge is 2.62. The van der Waals surface area contributed by atoms with E-state index in [0.29, 0.717) is 18.8 Å². The summed E-state index contributed by atoms with van der Waals surface area (Å²) in [6.45, 7) is 6.02. The fourth-order valence-electron chi connectivity index (χ4n) is 4.03. The largest absolute Gasteiger partial charge is 0.391 e. The third-order valence-corrected chi connectivity index (χ3v) is 5.44. The van der Waals surface area contributed by atoms with Crippen LogP contribution in [0.2, 0.25) is 0 Å². The average Bonchev–Trinajstić information content (AvgIpc) is 3.12. The second-order valence-corrected chi connectivity index (χ2v) is 7.78. The number of aromatic nitrogens is 2. The van der Waals surface area contributed by atoms with Gasteiger partial charge in [-0.3, -0.25) is 14.4 Å². The molecule has 3 atom stereocenters. The predicted octanol–water partition coefficient (Wildman–Crippen LogP) is -0.298. The van der Waals surface area contributed by atoms with E-state index >= 15 is 0 Å². The van der Waals surface area contributed by atoms with Crippen molar-refractivity contribution in [3.8, 4) is 0 Å². The Bertz CT molecular complexity index is 754. The molecule has 9 heteroatoms. The zero-order valence-electron chi connectivity index (χ0n) is 16.5. The zero-order chi connectivity index (χ0) is 20.5. The summed E-state index contributed by atoms with van der Waals surface area (Å²) in [5.41, 5.74) is -0.864. The Morgan fingerprint density at radius 3 is 2.54 bits per heavy atom. The number of β-lactam (4-membered cyclic amide) rings is 1. The number of carbonyl (C=O) groups is 3. The summed E-state index contributed by atoms with van der Waals surface area (Å²) >= 11 is 0. The molecule has 152 valence electrons. The summed E-state index contributed by atoms with van der Waals surface area (Å²) in [5.74, 6) is -0.541. The molecule has 1 aromatic rings. The van der Waals surface area contributed by atoms with Crippen LogP contribution in [0.3, 0.4) is 0 Å². The maximum atomic E-state index is 13.1. The molecule has 3 unspecified atom stereocenters. The monoisotopic (exact) mass is 389 g/mol. The van der Waals surface area contributed by atoms with Gasteiger partial charge in [-0.05, 0) is 25.8 Å². The van der Waals surface area contributed by atoms with Crippen LogP contribution in [-0.2, 0) is 20.9 Å². The number of aliphatic hydroxyl groups excluding tert-OH is 1. The molecule has 2 fully saturated rings. The van der Waals surface area contributed by atoms with Crippen LogP contribution in [0.4, 0.5) is 0 Å². The van der Waals surface area contributed by atoms with E-state index in [2.05, 4.69) is 15.3 Å². The molecule has 1 aromatic heterocycles. The normalized spacial score (nSPS) is 23.7. The number of rotatable bonds is 6. The molecular weight excluding hydrogens is 362 g/mol. The van der Waals surface area contributed by atoms with Gasteiger partial charge >= 0.3 is 0 Å². The van der Waals surface area contributed by atoms with Gasteiger partial charge in [0.25, 0.3) is 5.91 Å². The van der Waals surface area contributed by atoms with Crippen molar-refractivity contribution in [2.24, 2.45) is 5.92 Å². The average molecular weight is 389 g/mol. The first-order valence-electron chi connectivity index (χ1n) is 9.62. The first-order valence-corrected chi connectivity index (χ1v) is 9.62. The molecule has 2 aliphatic rings. The second kappa shape index (κ2) is 7.83. The highest BCUT2D eigenvalue weighted by molar-refractivity contribution is 6.00. The first-order chi connectivity index (χ1) is 13.3. The van der Waals surface area contributed by atoms with Gasteiger partial charge in [-0.15, -0.1) is 0 Å². The van der Waals surface area contributed by atoms with Crippen molar-refractivity contribution in [1.82, 2.24) is 25.1 Å². The van der Waals surface area contributed by atoms with Gasteiger partial charge in [0, 0.05) is 24.9 Å². The Morgan fingerprint density at radius 2 is 1.96 bits per heavy atom. The van der Waals surface area contributed by atoms with Gasteiger partial charge in [-0.2, -0.15) is 0 Å². The topological polar surface area (TPSA) is 116 Å². The molecule has 0 radical (unpaired) electrons. The fraction of sp³-hybridized carbons (Fsp3) is 0.632.